The van der Waals surface area contributed by atoms with E-state index in [0.29, 0.717) is 11.3 Å². The molecule has 0 aliphatic carbocycles. The lowest BCUT2D eigenvalue weighted by Crippen LogP contribution is -2.65. The Labute approximate surface area is 162 Å². The van der Waals surface area contributed by atoms with Crippen LogP contribution in [0.4, 0.5) is 0 Å². The van der Waals surface area contributed by atoms with Crippen molar-refractivity contribution in [1.82, 2.24) is 15.8 Å². The number of thioether (sulfide) groups is 1. The van der Waals surface area contributed by atoms with Crippen molar-refractivity contribution in [3.8, 4) is 0 Å². The molecule has 0 radical (unpaired) electrons. The van der Waals surface area contributed by atoms with Crippen molar-refractivity contribution in [3.05, 3.63) is 88.8 Å². The van der Waals surface area contributed by atoms with E-state index in [2.05, 4.69) is 10.7 Å². The highest BCUT2D eigenvalue weighted by Gasteiger charge is 2.43. The van der Waals surface area contributed by atoms with E-state index < -0.39 is 11.5 Å². The number of nitrogens with zero attached hydrogens (tertiary/aromatic N) is 1. The first-order valence-electron chi connectivity index (χ1n) is 8.75. The van der Waals surface area contributed by atoms with Gasteiger partial charge < -0.3 is 5.32 Å². The van der Waals surface area contributed by atoms with Crippen molar-refractivity contribution in [2.75, 3.05) is 0 Å². The largest absolute Gasteiger partial charge is 0.324 e. The first-order chi connectivity index (χ1) is 13.2. The molecule has 0 spiro atoms. The van der Waals surface area contributed by atoms with Gasteiger partial charge in [-0.3, -0.25) is 9.59 Å². The molecule has 2 unspecified atom stereocenters. The number of carbonyl (C=O) groups excluding carboxylic acids is 2. The first kappa shape index (κ1) is 17.6. The van der Waals surface area contributed by atoms with Crippen molar-refractivity contribution in [3.63, 3.8) is 0 Å². The van der Waals surface area contributed by atoms with Gasteiger partial charge in [-0.2, -0.15) is 0 Å². The van der Waals surface area contributed by atoms with Gasteiger partial charge in [0.25, 0.3) is 5.91 Å². The number of carbonyl (C=O) groups is 2. The van der Waals surface area contributed by atoms with E-state index in [4.69, 9.17) is 0 Å². The van der Waals surface area contributed by atoms with E-state index in [9.17, 15) is 9.59 Å². The molecule has 0 saturated carbocycles. The van der Waals surface area contributed by atoms with E-state index in [1.807, 2.05) is 72.8 Å². The summed E-state index contributed by atoms with van der Waals surface area (Å²) in [4.78, 5) is 25.7. The van der Waals surface area contributed by atoms with E-state index in [1.54, 1.807) is 6.08 Å². The van der Waals surface area contributed by atoms with Crippen LogP contribution in [0.3, 0.4) is 0 Å². The SMILES string of the molecule is O=C1NC2S/C(=C/C=C/c3ccccc3)C(=O)N2NC1Cc1ccccc1. The lowest BCUT2D eigenvalue weighted by molar-refractivity contribution is -0.139. The molecule has 6 heteroatoms. The standard InChI is InChI=1S/C21H19N3O2S/c25-19-17(14-16-10-5-2-6-11-16)23-24-20(26)18(27-21(24)22-19)13-7-12-15-8-3-1-4-9-15/h1-13,17,21,23H,14H2,(H,22,25)/b12-7+,18-13+. The van der Waals surface area contributed by atoms with Gasteiger partial charge in [0.2, 0.25) is 5.91 Å². The minimum absolute atomic E-state index is 0.0959. The van der Waals surface area contributed by atoms with Crippen LogP contribution in [0.15, 0.2) is 77.7 Å². The number of rotatable bonds is 4. The molecule has 2 saturated heterocycles. The minimum atomic E-state index is -0.465. The average Bonchev–Trinajstić information content (AvgIpc) is 2.99. The zero-order valence-corrected chi connectivity index (χ0v) is 15.4. The van der Waals surface area contributed by atoms with Gasteiger partial charge in [-0.15, -0.1) is 0 Å². The van der Waals surface area contributed by atoms with Crippen LogP contribution in [0, 0.1) is 0 Å². The number of nitrogens with one attached hydrogen (secondary N) is 2. The molecule has 0 bridgehead atoms. The second-order valence-electron chi connectivity index (χ2n) is 6.33. The van der Waals surface area contributed by atoms with Crippen LogP contribution < -0.4 is 10.7 Å². The number of benzene rings is 2. The summed E-state index contributed by atoms with van der Waals surface area (Å²) in [6, 6.07) is 19.2. The summed E-state index contributed by atoms with van der Waals surface area (Å²) < 4.78 is 0. The van der Waals surface area contributed by atoms with E-state index in [-0.39, 0.29) is 11.8 Å². The number of hydrogen-bond donors (Lipinski definition) is 2. The molecular weight excluding hydrogens is 358 g/mol. The second kappa shape index (κ2) is 7.82. The molecule has 2 heterocycles. The Morgan fingerprint density at radius 3 is 2.44 bits per heavy atom. The molecule has 4 rings (SSSR count). The zero-order valence-electron chi connectivity index (χ0n) is 14.5. The van der Waals surface area contributed by atoms with Crippen molar-refractivity contribution < 1.29 is 9.59 Å². The van der Waals surface area contributed by atoms with Gasteiger partial charge in [-0.1, -0.05) is 84.6 Å². The number of allylic oxidation sites excluding steroid dienone is 2. The lowest BCUT2D eigenvalue weighted by Gasteiger charge is -2.34. The molecule has 2 aliphatic heterocycles. The zero-order chi connectivity index (χ0) is 18.6. The Morgan fingerprint density at radius 2 is 1.70 bits per heavy atom. The fraction of sp³-hybridized carbons (Fsp3) is 0.143. The summed E-state index contributed by atoms with van der Waals surface area (Å²) >= 11 is 1.34. The maximum atomic E-state index is 12.7. The summed E-state index contributed by atoms with van der Waals surface area (Å²) in [6.45, 7) is 0. The third-order valence-electron chi connectivity index (χ3n) is 4.40. The highest BCUT2D eigenvalue weighted by molar-refractivity contribution is 8.05. The third-order valence-corrected chi connectivity index (χ3v) is 5.51. The summed E-state index contributed by atoms with van der Waals surface area (Å²) in [5.74, 6) is -0.220. The Kier molecular flexibility index (Phi) is 5.09. The third kappa shape index (κ3) is 3.97. The maximum absolute atomic E-state index is 12.7. The maximum Gasteiger partial charge on any atom is 0.277 e. The fourth-order valence-corrected chi connectivity index (χ4v) is 4.06. The highest BCUT2D eigenvalue weighted by Crippen LogP contribution is 2.34. The lowest BCUT2D eigenvalue weighted by atomic mass is 10.1. The van der Waals surface area contributed by atoms with Gasteiger partial charge in [-0.05, 0) is 23.6 Å². The van der Waals surface area contributed by atoms with Gasteiger partial charge in [0, 0.05) is 0 Å². The van der Waals surface area contributed by atoms with E-state index >= 15 is 0 Å². The van der Waals surface area contributed by atoms with Crippen LogP contribution in [0.25, 0.3) is 6.08 Å². The quantitative estimate of drug-likeness (QED) is 0.805. The number of fused-ring (bicyclic) bond motifs is 1. The van der Waals surface area contributed by atoms with Crippen molar-refractivity contribution >= 4 is 29.7 Å². The summed E-state index contributed by atoms with van der Waals surface area (Å²) in [6.07, 6.45) is 6.12. The average molecular weight is 377 g/mol. The van der Waals surface area contributed by atoms with E-state index in [1.165, 1.54) is 16.8 Å². The van der Waals surface area contributed by atoms with Crippen LogP contribution >= 0.6 is 11.8 Å². The predicted molar refractivity (Wildman–Crippen MR) is 107 cm³/mol. The molecule has 2 N–H and O–H groups in total. The van der Waals surface area contributed by atoms with Gasteiger partial charge in [0.15, 0.2) is 5.50 Å². The molecule has 2 fully saturated rings. The summed E-state index contributed by atoms with van der Waals surface area (Å²) in [5, 5.41) is 4.43. The van der Waals surface area contributed by atoms with E-state index in [0.717, 1.165) is 11.1 Å². The van der Waals surface area contributed by atoms with Crippen molar-refractivity contribution in [1.29, 1.82) is 0 Å². The molecule has 0 aromatic heterocycles. The van der Waals surface area contributed by atoms with Crippen LogP contribution in [0.5, 0.6) is 0 Å². The van der Waals surface area contributed by atoms with Crippen LogP contribution in [0.2, 0.25) is 0 Å². The number of hydrogen-bond acceptors (Lipinski definition) is 4. The van der Waals surface area contributed by atoms with Gasteiger partial charge in [-0.25, -0.2) is 10.4 Å². The molecule has 27 heavy (non-hydrogen) atoms. The number of hydrazine groups is 1. The summed E-state index contributed by atoms with van der Waals surface area (Å²) in [7, 11) is 0. The normalized spacial score (nSPS) is 23.7. The fourth-order valence-electron chi connectivity index (χ4n) is 3.03. The van der Waals surface area contributed by atoms with Crippen molar-refractivity contribution in [2.45, 2.75) is 18.0 Å². The Hall–Kier alpha value is -2.83. The molecule has 2 aromatic carbocycles. The molecule has 2 aromatic rings. The van der Waals surface area contributed by atoms with Gasteiger partial charge >= 0.3 is 0 Å². The predicted octanol–water partition coefficient (Wildman–Crippen LogP) is 2.69. The first-order valence-corrected chi connectivity index (χ1v) is 9.63. The molecule has 2 amide bonds. The Balaban J connectivity index is 1.45. The van der Waals surface area contributed by atoms with Crippen LogP contribution in [-0.4, -0.2) is 28.4 Å². The highest BCUT2D eigenvalue weighted by atomic mass is 32.2. The molecule has 2 atom stereocenters. The van der Waals surface area contributed by atoms with Gasteiger partial charge in [0.1, 0.15) is 6.04 Å². The molecular formula is C21H19N3O2S. The molecule has 136 valence electrons. The van der Waals surface area contributed by atoms with Crippen LogP contribution in [-0.2, 0) is 16.0 Å². The monoisotopic (exact) mass is 377 g/mol. The van der Waals surface area contributed by atoms with Gasteiger partial charge in [0.05, 0.1) is 4.91 Å². The number of amides is 2. The Bertz CT molecular complexity index is 896. The second-order valence-corrected chi connectivity index (χ2v) is 7.45. The molecule has 5 nitrogen and oxygen atoms in total. The molecule has 2 aliphatic rings. The topological polar surface area (TPSA) is 61.4 Å². The smallest absolute Gasteiger partial charge is 0.277 e. The minimum Gasteiger partial charge on any atom is -0.324 e. The van der Waals surface area contributed by atoms with Crippen LogP contribution in [0.1, 0.15) is 11.1 Å². The summed E-state index contributed by atoms with van der Waals surface area (Å²) in [5.41, 5.74) is 4.79. The van der Waals surface area contributed by atoms with Crippen molar-refractivity contribution in [2.24, 2.45) is 0 Å². The Morgan fingerprint density at radius 1 is 1.00 bits per heavy atom.